The molecule has 0 bridgehead atoms. The zero-order valence-corrected chi connectivity index (χ0v) is 17.2. The van der Waals surface area contributed by atoms with Crippen molar-refractivity contribution in [3.63, 3.8) is 0 Å². The summed E-state index contributed by atoms with van der Waals surface area (Å²) in [6.07, 6.45) is 11.4. The van der Waals surface area contributed by atoms with Crippen molar-refractivity contribution in [2.75, 3.05) is 50.7 Å². The van der Waals surface area contributed by atoms with E-state index >= 15 is 0 Å². The highest BCUT2D eigenvalue weighted by Crippen LogP contribution is 2.20. The number of anilines is 1. The molecular formula is C22H30N6O. The lowest BCUT2D eigenvalue weighted by atomic mass is 9.97. The monoisotopic (exact) mass is 394 g/mol. The molecule has 2 saturated heterocycles. The summed E-state index contributed by atoms with van der Waals surface area (Å²) < 4.78 is 1.74. The van der Waals surface area contributed by atoms with Crippen LogP contribution in [0.15, 0.2) is 42.9 Å². The van der Waals surface area contributed by atoms with E-state index in [-0.39, 0.29) is 5.91 Å². The average molecular weight is 395 g/mol. The standard InChI is InChI=1S/C22H30N6O/c1-25-16-19(15-24-25)7-8-22(29)28-10-4-5-20(18-28)17-26-11-13-27(14-12-26)21-6-2-3-9-23-21/h2-3,6-9,15-16,20H,4-5,10-14,17-18H2,1H3/b8-7+. The van der Waals surface area contributed by atoms with Gasteiger partial charge in [0.15, 0.2) is 0 Å². The number of piperidine rings is 1. The maximum Gasteiger partial charge on any atom is 0.246 e. The predicted octanol–water partition coefficient (Wildman–Crippen LogP) is 1.89. The van der Waals surface area contributed by atoms with Gasteiger partial charge in [0.25, 0.3) is 0 Å². The zero-order valence-electron chi connectivity index (χ0n) is 17.2. The van der Waals surface area contributed by atoms with Crippen LogP contribution in [0.5, 0.6) is 0 Å². The van der Waals surface area contributed by atoms with Crippen LogP contribution in [0.1, 0.15) is 18.4 Å². The Balaban J connectivity index is 1.25. The van der Waals surface area contributed by atoms with E-state index < -0.39 is 0 Å². The lowest BCUT2D eigenvalue weighted by molar-refractivity contribution is -0.127. The van der Waals surface area contributed by atoms with Crippen LogP contribution in [0.25, 0.3) is 6.08 Å². The van der Waals surface area contributed by atoms with Crippen molar-refractivity contribution in [2.45, 2.75) is 12.8 Å². The van der Waals surface area contributed by atoms with E-state index in [4.69, 9.17) is 0 Å². The smallest absolute Gasteiger partial charge is 0.246 e. The van der Waals surface area contributed by atoms with Crippen molar-refractivity contribution >= 4 is 17.8 Å². The molecule has 0 aliphatic carbocycles. The van der Waals surface area contributed by atoms with Gasteiger partial charge in [0.05, 0.1) is 6.20 Å². The second-order valence-corrected chi connectivity index (χ2v) is 8.05. The van der Waals surface area contributed by atoms with Gasteiger partial charge in [-0.05, 0) is 37.0 Å². The Morgan fingerprint density at radius 2 is 2.07 bits per heavy atom. The Hall–Kier alpha value is -2.67. The number of likely N-dealkylation sites (tertiary alicyclic amines) is 1. The molecule has 0 N–H and O–H groups in total. The Bertz CT molecular complexity index is 825. The third kappa shape index (κ3) is 5.23. The fraction of sp³-hybridized carbons (Fsp3) is 0.500. The Morgan fingerprint density at radius 1 is 1.21 bits per heavy atom. The molecule has 2 aromatic heterocycles. The van der Waals surface area contributed by atoms with E-state index in [2.05, 4.69) is 25.9 Å². The van der Waals surface area contributed by atoms with Crippen LogP contribution in [0.4, 0.5) is 5.82 Å². The van der Waals surface area contributed by atoms with E-state index in [0.717, 1.165) is 63.6 Å². The van der Waals surface area contributed by atoms with Crippen molar-refractivity contribution in [2.24, 2.45) is 13.0 Å². The number of piperazine rings is 1. The predicted molar refractivity (Wildman–Crippen MR) is 114 cm³/mol. The molecule has 0 saturated carbocycles. The third-order valence-corrected chi connectivity index (χ3v) is 5.84. The molecule has 0 spiro atoms. The first-order valence-electron chi connectivity index (χ1n) is 10.5. The number of nitrogens with zero attached hydrogens (tertiary/aromatic N) is 6. The van der Waals surface area contributed by atoms with Crippen LogP contribution < -0.4 is 4.90 Å². The van der Waals surface area contributed by atoms with Gasteiger partial charge in [-0.3, -0.25) is 14.4 Å². The van der Waals surface area contributed by atoms with Crippen LogP contribution in [-0.4, -0.2) is 76.3 Å². The van der Waals surface area contributed by atoms with E-state index in [0.29, 0.717) is 5.92 Å². The summed E-state index contributed by atoms with van der Waals surface area (Å²) in [6, 6.07) is 6.09. The van der Waals surface area contributed by atoms with Crippen LogP contribution >= 0.6 is 0 Å². The second kappa shape index (κ2) is 9.22. The number of hydrogen-bond donors (Lipinski definition) is 0. The molecule has 7 nitrogen and oxygen atoms in total. The van der Waals surface area contributed by atoms with Crippen LogP contribution in [0.2, 0.25) is 0 Å². The lowest BCUT2D eigenvalue weighted by Gasteiger charge is -2.39. The summed E-state index contributed by atoms with van der Waals surface area (Å²) in [5.74, 6) is 1.74. The van der Waals surface area contributed by atoms with Crippen molar-refractivity contribution in [3.8, 4) is 0 Å². The molecule has 0 radical (unpaired) electrons. The topological polar surface area (TPSA) is 57.5 Å². The summed E-state index contributed by atoms with van der Waals surface area (Å²) in [5.41, 5.74) is 0.959. The number of carbonyl (C=O) groups is 1. The molecule has 4 rings (SSSR count). The Labute approximate surface area is 172 Å². The van der Waals surface area contributed by atoms with Gasteiger partial charge in [-0.2, -0.15) is 5.10 Å². The first kappa shape index (κ1) is 19.6. The molecule has 0 aromatic carbocycles. The fourth-order valence-corrected chi connectivity index (χ4v) is 4.28. The summed E-state index contributed by atoms with van der Waals surface area (Å²) in [4.78, 5) is 24.0. The van der Waals surface area contributed by atoms with Crippen molar-refractivity contribution in [1.29, 1.82) is 0 Å². The van der Waals surface area contributed by atoms with Crippen LogP contribution in [-0.2, 0) is 11.8 Å². The number of rotatable bonds is 5. The van der Waals surface area contributed by atoms with Gasteiger partial charge >= 0.3 is 0 Å². The summed E-state index contributed by atoms with van der Waals surface area (Å²) >= 11 is 0. The van der Waals surface area contributed by atoms with Crippen molar-refractivity contribution in [3.05, 3.63) is 48.4 Å². The fourth-order valence-electron chi connectivity index (χ4n) is 4.28. The average Bonchev–Trinajstić information content (AvgIpc) is 3.18. The molecule has 2 aliphatic rings. The number of aromatic nitrogens is 3. The third-order valence-electron chi connectivity index (χ3n) is 5.84. The van der Waals surface area contributed by atoms with Gasteiger partial charge in [-0.1, -0.05) is 6.07 Å². The quantitative estimate of drug-likeness (QED) is 0.725. The first-order chi connectivity index (χ1) is 14.2. The molecule has 2 fully saturated rings. The zero-order chi connectivity index (χ0) is 20.1. The van der Waals surface area contributed by atoms with Gasteiger partial charge < -0.3 is 9.80 Å². The van der Waals surface area contributed by atoms with Gasteiger partial charge in [-0.15, -0.1) is 0 Å². The van der Waals surface area contributed by atoms with E-state index in [9.17, 15) is 4.79 Å². The number of amides is 1. The normalized spacial score (nSPS) is 21.1. The van der Waals surface area contributed by atoms with E-state index in [1.807, 2.05) is 42.6 Å². The highest BCUT2D eigenvalue weighted by Gasteiger charge is 2.26. The number of hydrogen-bond acceptors (Lipinski definition) is 5. The first-order valence-corrected chi connectivity index (χ1v) is 10.5. The molecule has 1 unspecified atom stereocenters. The molecular weight excluding hydrogens is 364 g/mol. The largest absolute Gasteiger partial charge is 0.354 e. The molecule has 1 atom stereocenters. The highest BCUT2D eigenvalue weighted by molar-refractivity contribution is 5.91. The lowest BCUT2D eigenvalue weighted by Crippen LogP contribution is -2.50. The van der Waals surface area contributed by atoms with Gasteiger partial charge in [-0.25, -0.2) is 4.98 Å². The number of carbonyl (C=O) groups excluding carboxylic acids is 1. The second-order valence-electron chi connectivity index (χ2n) is 8.05. The molecule has 2 aromatic rings. The van der Waals surface area contributed by atoms with Gasteiger partial charge in [0.1, 0.15) is 5.82 Å². The minimum atomic E-state index is 0.110. The Kier molecular flexibility index (Phi) is 6.24. The molecule has 29 heavy (non-hydrogen) atoms. The van der Waals surface area contributed by atoms with Gasteiger partial charge in [0, 0.05) is 76.9 Å². The molecule has 154 valence electrons. The van der Waals surface area contributed by atoms with E-state index in [1.165, 1.54) is 6.42 Å². The summed E-state index contributed by atoms with van der Waals surface area (Å²) in [5, 5.41) is 4.14. The van der Waals surface area contributed by atoms with E-state index in [1.54, 1.807) is 17.0 Å². The van der Waals surface area contributed by atoms with Crippen molar-refractivity contribution in [1.82, 2.24) is 24.6 Å². The maximum atomic E-state index is 12.6. The molecule has 1 amide bonds. The minimum absolute atomic E-state index is 0.110. The molecule has 7 heteroatoms. The van der Waals surface area contributed by atoms with Gasteiger partial charge in [0.2, 0.25) is 5.91 Å². The number of pyridine rings is 1. The SMILES string of the molecule is Cn1cc(/C=C/C(=O)N2CCCC(CN3CCN(c4ccccn4)CC3)C2)cn1. The van der Waals surface area contributed by atoms with Crippen molar-refractivity contribution < 1.29 is 4.79 Å². The minimum Gasteiger partial charge on any atom is -0.354 e. The molecule has 2 aliphatic heterocycles. The Morgan fingerprint density at radius 3 is 2.79 bits per heavy atom. The maximum absolute atomic E-state index is 12.6. The molecule has 4 heterocycles. The summed E-state index contributed by atoms with van der Waals surface area (Å²) in [7, 11) is 1.88. The summed E-state index contributed by atoms with van der Waals surface area (Å²) in [6.45, 7) is 6.94. The number of aryl methyl sites for hydroxylation is 1. The van der Waals surface area contributed by atoms with Crippen LogP contribution in [0.3, 0.4) is 0 Å². The van der Waals surface area contributed by atoms with Crippen LogP contribution in [0, 0.1) is 5.92 Å². The highest BCUT2D eigenvalue weighted by atomic mass is 16.2.